The third-order valence-electron chi connectivity index (χ3n) is 3.15. The van der Waals surface area contributed by atoms with Gasteiger partial charge in [0, 0.05) is 6.20 Å². The largest absolute Gasteiger partial charge is 0.496 e. The van der Waals surface area contributed by atoms with Gasteiger partial charge in [0.2, 0.25) is 5.78 Å². The van der Waals surface area contributed by atoms with Gasteiger partial charge in [-0.1, -0.05) is 0 Å². The molecule has 0 aliphatic heterocycles. The van der Waals surface area contributed by atoms with Crippen LogP contribution < -0.4 is 16.2 Å². The number of aromatic amines is 1. The SMILES string of the molecule is COc1cc(C)c(C)cc1C(=O)c1cnc(=O)[nH]c1N. The number of benzene rings is 1. The van der Waals surface area contributed by atoms with Gasteiger partial charge in [-0.25, -0.2) is 9.78 Å². The predicted molar refractivity (Wildman–Crippen MR) is 75.2 cm³/mol. The van der Waals surface area contributed by atoms with Crippen LogP contribution in [0.1, 0.15) is 27.0 Å². The molecular weight excluding hydrogens is 258 g/mol. The Bertz CT molecular complexity index is 735. The Morgan fingerprint density at radius 3 is 2.50 bits per heavy atom. The second kappa shape index (κ2) is 5.16. The average molecular weight is 273 g/mol. The maximum atomic E-state index is 12.5. The number of methoxy groups -OCH3 is 1. The van der Waals surface area contributed by atoms with Crippen molar-refractivity contribution in [3.8, 4) is 5.75 Å². The molecule has 2 rings (SSSR count). The van der Waals surface area contributed by atoms with Crippen molar-refractivity contribution < 1.29 is 9.53 Å². The van der Waals surface area contributed by atoms with Gasteiger partial charge >= 0.3 is 5.69 Å². The highest BCUT2D eigenvalue weighted by atomic mass is 16.5. The highest BCUT2D eigenvalue weighted by molar-refractivity contribution is 6.13. The Morgan fingerprint density at radius 2 is 1.90 bits per heavy atom. The van der Waals surface area contributed by atoms with E-state index in [1.807, 2.05) is 13.8 Å². The van der Waals surface area contributed by atoms with Crippen LogP contribution in [-0.2, 0) is 0 Å². The van der Waals surface area contributed by atoms with E-state index in [9.17, 15) is 9.59 Å². The third-order valence-corrected chi connectivity index (χ3v) is 3.15. The van der Waals surface area contributed by atoms with Crippen LogP contribution in [0.25, 0.3) is 0 Å². The van der Waals surface area contributed by atoms with E-state index < -0.39 is 5.69 Å². The number of hydrogen-bond acceptors (Lipinski definition) is 5. The van der Waals surface area contributed by atoms with Gasteiger partial charge in [-0.05, 0) is 37.1 Å². The summed E-state index contributed by atoms with van der Waals surface area (Å²) < 4.78 is 5.23. The lowest BCUT2D eigenvalue weighted by atomic mass is 9.99. The minimum absolute atomic E-state index is 0.00437. The number of carbonyl (C=O) groups is 1. The molecule has 1 aromatic heterocycles. The van der Waals surface area contributed by atoms with Gasteiger partial charge in [-0.3, -0.25) is 9.78 Å². The number of rotatable bonds is 3. The predicted octanol–water partition coefficient (Wildman–Crippen LogP) is 1.21. The number of hydrogen-bond donors (Lipinski definition) is 2. The molecule has 20 heavy (non-hydrogen) atoms. The topological polar surface area (TPSA) is 98.1 Å². The summed E-state index contributed by atoms with van der Waals surface area (Å²) in [6.07, 6.45) is 1.17. The fourth-order valence-corrected chi connectivity index (χ4v) is 1.87. The van der Waals surface area contributed by atoms with Crippen LogP contribution in [-0.4, -0.2) is 22.9 Å². The molecule has 0 unspecified atom stereocenters. The monoisotopic (exact) mass is 273 g/mol. The van der Waals surface area contributed by atoms with E-state index in [2.05, 4.69) is 9.97 Å². The minimum atomic E-state index is -0.592. The summed E-state index contributed by atoms with van der Waals surface area (Å²) in [6, 6.07) is 3.53. The van der Waals surface area contributed by atoms with E-state index in [0.29, 0.717) is 11.3 Å². The maximum absolute atomic E-state index is 12.5. The summed E-state index contributed by atoms with van der Waals surface area (Å²) in [5, 5.41) is 0. The fraction of sp³-hybridized carbons (Fsp3) is 0.214. The number of nitrogens with two attached hydrogens (primary N) is 1. The Balaban J connectivity index is 2.58. The highest BCUT2D eigenvalue weighted by Crippen LogP contribution is 2.26. The van der Waals surface area contributed by atoms with E-state index in [-0.39, 0.29) is 17.2 Å². The molecular formula is C14H15N3O3. The summed E-state index contributed by atoms with van der Waals surface area (Å²) in [5.74, 6) is 0.116. The molecule has 3 N–H and O–H groups in total. The van der Waals surface area contributed by atoms with Crippen LogP contribution >= 0.6 is 0 Å². The van der Waals surface area contributed by atoms with Crippen LogP contribution in [0.15, 0.2) is 23.1 Å². The zero-order valence-electron chi connectivity index (χ0n) is 11.5. The van der Waals surface area contributed by atoms with Gasteiger partial charge in [0.15, 0.2) is 0 Å². The number of H-pyrrole nitrogens is 1. The van der Waals surface area contributed by atoms with Crippen LogP contribution in [0.2, 0.25) is 0 Å². The first-order chi connectivity index (χ1) is 9.43. The number of nitrogen functional groups attached to an aromatic ring is 1. The maximum Gasteiger partial charge on any atom is 0.346 e. The lowest BCUT2D eigenvalue weighted by Crippen LogP contribution is -2.17. The number of aromatic nitrogens is 2. The van der Waals surface area contributed by atoms with Crippen molar-refractivity contribution in [3.63, 3.8) is 0 Å². The first-order valence-corrected chi connectivity index (χ1v) is 5.98. The van der Waals surface area contributed by atoms with Gasteiger partial charge in [0.05, 0.1) is 18.2 Å². The van der Waals surface area contributed by atoms with E-state index in [1.54, 1.807) is 12.1 Å². The Morgan fingerprint density at radius 1 is 1.25 bits per heavy atom. The molecule has 6 nitrogen and oxygen atoms in total. The molecule has 2 aromatic rings. The molecule has 0 aliphatic rings. The second-order valence-corrected chi connectivity index (χ2v) is 4.48. The number of carbonyl (C=O) groups excluding carboxylic acids is 1. The fourth-order valence-electron chi connectivity index (χ4n) is 1.87. The number of nitrogens with one attached hydrogen (secondary N) is 1. The summed E-state index contributed by atoms with van der Waals surface area (Å²) >= 11 is 0. The number of aryl methyl sites for hydroxylation is 2. The van der Waals surface area contributed by atoms with Crippen molar-refractivity contribution in [1.29, 1.82) is 0 Å². The zero-order valence-corrected chi connectivity index (χ0v) is 11.5. The Labute approximate surface area is 115 Å². The lowest BCUT2D eigenvalue weighted by Gasteiger charge is -2.11. The summed E-state index contributed by atoms with van der Waals surface area (Å²) in [6.45, 7) is 3.84. The van der Waals surface area contributed by atoms with Gasteiger partial charge in [0.1, 0.15) is 11.6 Å². The normalized spacial score (nSPS) is 10.3. The highest BCUT2D eigenvalue weighted by Gasteiger charge is 2.19. The molecule has 0 bridgehead atoms. The van der Waals surface area contributed by atoms with Crippen molar-refractivity contribution in [3.05, 3.63) is 51.1 Å². The smallest absolute Gasteiger partial charge is 0.346 e. The molecule has 0 atom stereocenters. The molecule has 0 saturated carbocycles. The molecule has 0 aliphatic carbocycles. The minimum Gasteiger partial charge on any atom is -0.496 e. The van der Waals surface area contributed by atoms with Crippen molar-refractivity contribution in [2.24, 2.45) is 0 Å². The first-order valence-electron chi connectivity index (χ1n) is 5.98. The summed E-state index contributed by atoms with van der Waals surface area (Å²) in [7, 11) is 1.50. The van der Waals surface area contributed by atoms with Crippen molar-refractivity contribution in [2.45, 2.75) is 13.8 Å². The molecule has 1 heterocycles. The van der Waals surface area contributed by atoms with Crippen LogP contribution in [0.4, 0.5) is 5.82 Å². The average Bonchev–Trinajstić information content (AvgIpc) is 2.40. The van der Waals surface area contributed by atoms with Crippen molar-refractivity contribution >= 4 is 11.6 Å². The molecule has 104 valence electrons. The number of nitrogens with zero attached hydrogens (tertiary/aromatic N) is 1. The van der Waals surface area contributed by atoms with Crippen LogP contribution in [0, 0.1) is 13.8 Å². The number of ether oxygens (including phenoxy) is 1. The lowest BCUT2D eigenvalue weighted by molar-refractivity contribution is 0.103. The summed E-state index contributed by atoms with van der Waals surface area (Å²) in [4.78, 5) is 29.4. The quantitative estimate of drug-likeness (QED) is 0.819. The molecule has 0 fully saturated rings. The standard InChI is InChI=1S/C14H15N3O3/c1-7-4-9(11(20-3)5-8(7)2)12(18)10-6-16-14(19)17-13(10)15/h4-6H,1-3H3,(H3,15,16,17,19). The van der Waals surface area contributed by atoms with E-state index in [0.717, 1.165) is 11.1 Å². The van der Waals surface area contributed by atoms with Gasteiger partial charge in [0.25, 0.3) is 0 Å². The van der Waals surface area contributed by atoms with Gasteiger partial charge < -0.3 is 10.5 Å². The molecule has 1 aromatic carbocycles. The molecule has 0 saturated heterocycles. The molecule has 6 heteroatoms. The van der Waals surface area contributed by atoms with E-state index in [1.165, 1.54) is 13.3 Å². The molecule has 0 amide bonds. The first kappa shape index (κ1) is 13.8. The van der Waals surface area contributed by atoms with Crippen LogP contribution in [0.5, 0.6) is 5.75 Å². The Hall–Kier alpha value is -2.63. The van der Waals surface area contributed by atoms with Crippen molar-refractivity contribution in [2.75, 3.05) is 12.8 Å². The Kier molecular flexibility index (Phi) is 3.56. The van der Waals surface area contributed by atoms with E-state index >= 15 is 0 Å². The zero-order chi connectivity index (χ0) is 14.9. The van der Waals surface area contributed by atoms with Gasteiger partial charge in [-0.2, -0.15) is 0 Å². The van der Waals surface area contributed by atoms with E-state index in [4.69, 9.17) is 10.5 Å². The van der Waals surface area contributed by atoms with Crippen LogP contribution in [0.3, 0.4) is 0 Å². The second-order valence-electron chi connectivity index (χ2n) is 4.48. The number of ketones is 1. The molecule has 0 radical (unpaired) electrons. The molecule has 0 spiro atoms. The summed E-state index contributed by atoms with van der Waals surface area (Å²) in [5.41, 5.74) is 7.58. The van der Waals surface area contributed by atoms with Gasteiger partial charge in [-0.15, -0.1) is 0 Å². The third kappa shape index (κ3) is 2.40. The number of anilines is 1. The van der Waals surface area contributed by atoms with Crippen molar-refractivity contribution in [1.82, 2.24) is 9.97 Å².